The molecule has 0 aliphatic carbocycles. The van der Waals surface area contributed by atoms with Crippen molar-refractivity contribution in [2.45, 2.75) is 83.7 Å². The lowest BCUT2D eigenvalue weighted by atomic mass is 10.1. The van der Waals surface area contributed by atoms with E-state index in [0.717, 1.165) is 6.42 Å². The molecule has 9 heteroatoms. The van der Waals surface area contributed by atoms with Gasteiger partial charge in [-0.15, -0.1) is 0 Å². The van der Waals surface area contributed by atoms with Gasteiger partial charge in [-0.05, 0) is 24.6 Å². The lowest BCUT2D eigenvalue weighted by Crippen LogP contribution is -2.45. The average Bonchev–Trinajstić information content (AvgIpc) is 2.95. The molecular formula is C18H29N3O5Si. The van der Waals surface area contributed by atoms with Gasteiger partial charge < -0.3 is 13.9 Å². The maximum absolute atomic E-state index is 12.5. The first-order chi connectivity index (χ1) is 12.5. The van der Waals surface area contributed by atoms with Crippen molar-refractivity contribution in [3.8, 4) is 0 Å². The standard InChI is InChI=1S/C18H29N3O5Si/c1-7-12-13(26-27(5,6)18(2,3)4)8-14(25-12)21-9-11-10-24-17(23)20-15(11)19-16(21)22/h9,12-14H,7-8,10H2,1-6H3,(H,19,20,22,23)/t12-,13-,14-/m1/s1. The number of fused-ring (bicyclic) bond motifs is 1. The highest BCUT2D eigenvalue weighted by atomic mass is 28.4. The van der Waals surface area contributed by atoms with Gasteiger partial charge in [0.1, 0.15) is 18.7 Å². The monoisotopic (exact) mass is 395 g/mol. The summed E-state index contributed by atoms with van der Waals surface area (Å²) < 4.78 is 19.2. The minimum absolute atomic E-state index is 0.0558. The molecule has 0 bridgehead atoms. The summed E-state index contributed by atoms with van der Waals surface area (Å²) in [6, 6.07) is 0. The third kappa shape index (κ3) is 3.95. The molecule has 1 aromatic rings. The van der Waals surface area contributed by atoms with E-state index in [1.54, 1.807) is 6.20 Å². The summed E-state index contributed by atoms with van der Waals surface area (Å²) in [5, 5.41) is 2.55. The van der Waals surface area contributed by atoms with Crippen molar-refractivity contribution in [1.82, 2.24) is 9.55 Å². The molecule has 0 unspecified atom stereocenters. The van der Waals surface area contributed by atoms with Crippen LogP contribution in [0.1, 0.15) is 52.3 Å². The lowest BCUT2D eigenvalue weighted by molar-refractivity contribution is -0.0199. The molecule has 1 amide bonds. The van der Waals surface area contributed by atoms with Gasteiger partial charge in [0, 0.05) is 18.2 Å². The lowest BCUT2D eigenvalue weighted by Gasteiger charge is -2.39. The topological polar surface area (TPSA) is 91.7 Å². The van der Waals surface area contributed by atoms with E-state index in [1.807, 2.05) is 0 Å². The highest BCUT2D eigenvalue weighted by Crippen LogP contribution is 2.41. The zero-order valence-corrected chi connectivity index (χ0v) is 17.9. The Balaban J connectivity index is 1.83. The SMILES string of the molecule is CC[C@H]1O[C@@H](n2cc3c(nc2=O)NC(=O)OC3)C[C@H]1O[Si](C)(C)C(C)(C)C. The molecule has 8 nitrogen and oxygen atoms in total. The summed E-state index contributed by atoms with van der Waals surface area (Å²) in [5.74, 6) is 0.256. The Hall–Kier alpha value is -1.71. The molecule has 2 aliphatic heterocycles. The van der Waals surface area contributed by atoms with Crippen molar-refractivity contribution in [2.24, 2.45) is 0 Å². The van der Waals surface area contributed by atoms with Crippen molar-refractivity contribution in [3.63, 3.8) is 0 Å². The molecule has 3 rings (SSSR count). The minimum Gasteiger partial charge on any atom is -0.444 e. The second kappa shape index (κ2) is 7.03. The molecule has 3 heterocycles. The van der Waals surface area contributed by atoms with Crippen molar-refractivity contribution in [1.29, 1.82) is 0 Å². The summed E-state index contributed by atoms with van der Waals surface area (Å²) in [6.07, 6.45) is 1.91. The fourth-order valence-corrected chi connectivity index (χ4v) is 4.48. The third-order valence-electron chi connectivity index (χ3n) is 5.75. The number of aromatic nitrogens is 2. The summed E-state index contributed by atoms with van der Waals surface area (Å²) >= 11 is 0. The second-order valence-electron chi connectivity index (χ2n) is 8.70. The molecule has 1 fully saturated rings. The van der Waals surface area contributed by atoms with Gasteiger partial charge in [-0.1, -0.05) is 27.7 Å². The van der Waals surface area contributed by atoms with Gasteiger partial charge >= 0.3 is 11.8 Å². The van der Waals surface area contributed by atoms with Crippen LogP contribution in [0.2, 0.25) is 18.1 Å². The number of ether oxygens (including phenoxy) is 2. The summed E-state index contributed by atoms with van der Waals surface area (Å²) in [7, 11) is -1.95. The van der Waals surface area contributed by atoms with Gasteiger partial charge in [0.2, 0.25) is 0 Å². The Labute approximate surface area is 160 Å². The molecule has 0 radical (unpaired) electrons. The molecule has 150 valence electrons. The normalized spacial score (nSPS) is 25.7. The molecule has 1 N–H and O–H groups in total. The minimum atomic E-state index is -1.95. The number of nitrogens with one attached hydrogen (secondary N) is 1. The number of anilines is 1. The van der Waals surface area contributed by atoms with Gasteiger partial charge in [0.15, 0.2) is 8.32 Å². The zero-order valence-electron chi connectivity index (χ0n) is 16.9. The summed E-state index contributed by atoms with van der Waals surface area (Å²) in [5.41, 5.74) is 0.198. The molecule has 1 aromatic heterocycles. The van der Waals surface area contributed by atoms with Gasteiger partial charge in [0.05, 0.1) is 12.2 Å². The summed E-state index contributed by atoms with van der Waals surface area (Å²) in [4.78, 5) is 27.8. The first-order valence-electron chi connectivity index (χ1n) is 9.41. The Morgan fingerprint density at radius 1 is 1.37 bits per heavy atom. The number of amides is 1. The van der Waals surface area contributed by atoms with Gasteiger partial charge in [-0.25, -0.2) is 9.59 Å². The predicted molar refractivity (Wildman–Crippen MR) is 103 cm³/mol. The van der Waals surface area contributed by atoms with Crippen LogP contribution in [-0.4, -0.2) is 36.2 Å². The molecule has 2 aliphatic rings. The van der Waals surface area contributed by atoms with Crippen LogP contribution in [0, 0.1) is 0 Å². The van der Waals surface area contributed by atoms with Crippen molar-refractivity contribution < 1.29 is 18.7 Å². The Kier molecular flexibility index (Phi) is 5.21. The first-order valence-corrected chi connectivity index (χ1v) is 12.3. The number of rotatable bonds is 4. The van der Waals surface area contributed by atoms with Crippen molar-refractivity contribution in [3.05, 3.63) is 22.2 Å². The van der Waals surface area contributed by atoms with Crippen LogP contribution in [0.4, 0.5) is 10.6 Å². The van der Waals surface area contributed by atoms with E-state index in [9.17, 15) is 9.59 Å². The van der Waals surface area contributed by atoms with Crippen molar-refractivity contribution in [2.75, 3.05) is 5.32 Å². The van der Waals surface area contributed by atoms with E-state index in [4.69, 9.17) is 13.9 Å². The van der Waals surface area contributed by atoms with E-state index in [1.165, 1.54) is 4.57 Å². The van der Waals surface area contributed by atoms with E-state index < -0.39 is 26.3 Å². The Morgan fingerprint density at radius 3 is 2.70 bits per heavy atom. The number of cyclic esters (lactones) is 1. The maximum Gasteiger partial charge on any atom is 0.413 e. The Morgan fingerprint density at radius 2 is 2.07 bits per heavy atom. The van der Waals surface area contributed by atoms with E-state index in [0.29, 0.717) is 12.0 Å². The average molecular weight is 396 g/mol. The summed E-state index contributed by atoms with van der Waals surface area (Å²) in [6.45, 7) is 13.2. The van der Waals surface area contributed by atoms with Crippen LogP contribution in [0.3, 0.4) is 0 Å². The van der Waals surface area contributed by atoms with Crippen LogP contribution in [0.15, 0.2) is 11.0 Å². The fraction of sp³-hybridized carbons (Fsp3) is 0.722. The van der Waals surface area contributed by atoms with Gasteiger partial charge in [0.25, 0.3) is 0 Å². The highest BCUT2D eigenvalue weighted by molar-refractivity contribution is 6.74. The number of carbonyl (C=O) groups is 1. The van der Waals surface area contributed by atoms with Gasteiger partial charge in [-0.2, -0.15) is 4.98 Å². The second-order valence-corrected chi connectivity index (χ2v) is 13.5. The predicted octanol–water partition coefficient (Wildman–Crippen LogP) is 3.39. The smallest absolute Gasteiger partial charge is 0.413 e. The molecular weight excluding hydrogens is 366 g/mol. The van der Waals surface area contributed by atoms with Crippen LogP contribution in [-0.2, 0) is 20.5 Å². The molecule has 3 atom stereocenters. The first kappa shape index (κ1) is 20.0. The number of nitrogens with zero attached hydrogens (tertiary/aromatic N) is 2. The van der Waals surface area contributed by atoms with Crippen molar-refractivity contribution >= 4 is 20.2 Å². The van der Waals surface area contributed by atoms with E-state index in [-0.39, 0.29) is 29.7 Å². The highest BCUT2D eigenvalue weighted by Gasteiger charge is 2.44. The number of hydrogen-bond acceptors (Lipinski definition) is 6. The van der Waals surface area contributed by atoms with Crippen LogP contribution in [0.5, 0.6) is 0 Å². The number of hydrogen-bond donors (Lipinski definition) is 1. The molecule has 0 spiro atoms. The van der Waals surface area contributed by atoms with Crippen LogP contribution < -0.4 is 11.0 Å². The molecule has 27 heavy (non-hydrogen) atoms. The number of carbonyl (C=O) groups excluding carboxylic acids is 1. The van der Waals surface area contributed by atoms with Crippen LogP contribution in [0.25, 0.3) is 0 Å². The third-order valence-corrected chi connectivity index (χ3v) is 10.3. The molecule has 1 saturated heterocycles. The Bertz CT molecular complexity index is 786. The maximum atomic E-state index is 12.5. The molecule has 0 aromatic carbocycles. The fourth-order valence-electron chi connectivity index (χ4n) is 3.12. The van der Waals surface area contributed by atoms with E-state index in [2.05, 4.69) is 51.1 Å². The molecule has 0 saturated carbocycles. The largest absolute Gasteiger partial charge is 0.444 e. The zero-order chi connectivity index (χ0) is 20.0. The van der Waals surface area contributed by atoms with Gasteiger partial charge in [-0.3, -0.25) is 9.88 Å². The van der Waals surface area contributed by atoms with E-state index >= 15 is 0 Å². The van der Waals surface area contributed by atoms with Crippen LogP contribution >= 0.6 is 0 Å². The quantitative estimate of drug-likeness (QED) is 0.786.